The maximum atomic E-state index is 12.9. The average molecular weight is 306 g/mol. The highest BCUT2D eigenvalue weighted by Gasteiger charge is 2.41. The van der Waals surface area contributed by atoms with Gasteiger partial charge in [0.2, 0.25) is 0 Å². The second-order valence-corrected chi connectivity index (χ2v) is 4.68. The first-order valence-corrected chi connectivity index (χ1v) is 7.13. The van der Waals surface area contributed by atoms with E-state index in [1.54, 1.807) is 48.5 Å². The second kappa shape index (κ2) is 6.36. The zero-order chi connectivity index (χ0) is 16.3. The summed E-state index contributed by atoms with van der Waals surface area (Å²) in [4.78, 5) is 0. The van der Waals surface area contributed by atoms with Crippen LogP contribution in [0.3, 0.4) is 0 Å². The molecular formula is C18H17F3O. The Morgan fingerprint density at radius 3 is 1.64 bits per heavy atom. The zero-order valence-electron chi connectivity index (χ0n) is 12.4. The summed E-state index contributed by atoms with van der Waals surface area (Å²) in [6.45, 7) is 4.00. The van der Waals surface area contributed by atoms with Crippen LogP contribution in [0, 0.1) is 0 Å². The molecule has 0 radical (unpaired) electrons. The molecule has 3 aromatic carbocycles. The fraction of sp³-hybridized carbons (Fsp3) is 0.222. The van der Waals surface area contributed by atoms with Gasteiger partial charge in [-0.3, -0.25) is 0 Å². The molecule has 0 heterocycles. The highest BCUT2D eigenvalue weighted by atomic mass is 19.4. The van der Waals surface area contributed by atoms with E-state index in [4.69, 9.17) is 0 Å². The maximum absolute atomic E-state index is 12.9. The van der Waals surface area contributed by atoms with Crippen LogP contribution < -0.4 is 0 Å². The van der Waals surface area contributed by atoms with Crippen molar-refractivity contribution in [2.45, 2.75) is 26.1 Å². The number of hydrogen-bond acceptors (Lipinski definition) is 1. The van der Waals surface area contributed by atoms with Crippen LogP contribution >= 0.6 is 0 Å². The van der Waals surface area contributed by atoms with Gasteiger partial charge < -0.3 is 5.11 Å². The molecule has 3 aromatic rings. The van der Waals surface area contributed by atoms with Crippen LogP contribution in [-0.2, 0) is 0 Å². The van der Waals surface area contributed by atoms with Gasteiger partial charge in [0.1, 0.15) is 0 Å². The number of alkyl halides is 3. The minimum atomic E-state index is -4.69. The van der Waals surface area contributed by atoms with Gasteiger partial charge in [-0.15, -0.1) is 0 Å². The van der Waals surface area contributed by atoms with Crippen molar-refractivity contribution in [2.75, 3.05) is 0 Å². The molecule has 0 saturated carbocycles. The highest BCUT2D eigenvalue weighted by Crippen LogP contribution is 2.40. The molecule has 4 heteroatoms. The summed E-state index contributed by atoms with van der Waals surface area (Å²) in [5, 5.41) is 12.0. The summed E-state index contributed by atoms with van der Waals surface area (Å²) in [7, 11) is 0. The minimum absolute atomic E-state index is 0.0776. The SMILES string of the molecule is CC.OC(c1c2ccccc2cc2ccccc12)C(F)(F)F. The minimum Gasteiger partial charge on any atom is -0.379 e. The van der Waals surface area contributed by atoms with Crippen LogP contribution in [0.4, 0.5) is 13.2 Å². The van der Waals surface area contributed by atoms with E-state index in [1.165, 1.54) is 0 Å². The predicted molar refractivity (Wildman–Crippen MR) is 83.8 cm³/mol. The van der Waals surface area contributed by atoms with E-state index in [-0.39, 0.29) is 5.56 Å². The molecule has 3 rings (SSSR count). The van der Waals surface area contributed by atoms with Crippen LogP contribution in [0.2, 0.25) is 0 Å². The largest absolute Gasteiger partial charge is 0.418 e. The van der Waals surface area contributed by atoms with Crippen molar-refractivity contribution in [3.63, 3.8) is 0 Å². The van der Waals surface area contributed by atoms with E-state index < -0.39 is 12.3 Å². The molecule has 116 valence electrons. The van der Waals surface area contributed by atoms with Crippen molar-refractivity contribution in [3.8, 4) is 0 Å². The molecule has 1 atom stereocenters. The molecule has 0 spiro atoms. The van der Waals surface area contributed by atoms with Crippen molar-refractivity contribution < 1.29 is 18.3 Å². The van der Waals surface area contributed by atoms with Gasteiger partial charge in [-0.05, 0) is 27.6 Å². The lowest BCUT2D eigenvalue weighted by atomic mass is 9.93. The van der Waals surface area contributed by atoms with Gasteiger partial charge in [-0.1, -0.05) is 62.4 Å². The molecule has 0 bridgehead atoms. The Balaban J connectivity index is 0.000000847. The lowest BCUT2D eigenvalue weighted by molar-refractivity contribution is -0.205. The highest BCUT2D eigenvalue weighted by molar-refractivity contribution is 6.02. The Hall–Kier alpha value is -2.07. The first-order valence-electron chi connectivity index (χ1n) is 7.13. The van der Waals surface area contributed by atoms with Crippen LogP contribution in [0.25, 0.3) is 21.5 Å². The topological polar surface area (TPSA) is 20.2 Å². The molecule has 0 amide bonds. The van der Waals surface area contributed by atoms with Gasteiger partial charge in [0.05, 0.1) is 0 Å². The lowest BCUT2D eigenvalue weighted by Gasteiger charge is -2.19. The van der Waals surface area contributed by atoms with Crippen molar-refractivity contribution in [3.05, 3.63) is 60.2 Å². The van der Waals surface area contributed by atoms with Crippen molar-refractivity contribution >= 4 is 21.5 Å². The third-order valence-corrected chi connectivity index (χ3v) is 3.40. The third kappa shape index (κ3) is 2.92. The van der Waals surface area contributed by atoms with Crippen molar-refractivity contribution in [2.24, 2.45) is 0 Å². The Kier molecular flexibility index (Phi) is 4.71. The molecule has 1 nitrogen and oxygen atoms in total. The Bertz CT molecular complexity index is 724. The van der Waals surface area contributed by atoms with E-state index in [9.17, 15) is 18.3 Å². The van der Waals surface area contributed by atoms with Gasteiger partial charge >= 0.3 is 6.18 Å². The number of rotatable bonds is 1. The zero-order valence-corrected chi connectivity index (χ0v) is 12.4. The monoisotopic (exact) mass is 306 g/mol. The van der Waals surface area contributed by atoms with Crippen LogP contribution in [-0.4, -0.2) is 11.3 Å². The smallest absolute Gasteiger partial charge is 0.379 e. The number of aliphatic hydroxyl groups excluding tert-OH is 1. The number of hydrogen-bond donors (Lipinski definition) is 1. The van der Waals surface area contributed by atoms with Gasteiger partial charge in [0.25, 0.3) is 0 Å². The maximum Gasteiger partial charge on any atom is 0.418 e. The second-order valence-electron chi connectivity index (χ2n) is 4.68. The molecule has 0 fully saturated rings. The molecule has 0 saturated heterocycles. The van der Waals surface area contributed by atoms with Gasteiger partial charge in [-0.25, -0.2) is 0 Å². The Morgan fingerprint density at radius 1 is 0.818 bits per heavy atom. The summed E-state index contributed by atoms with van der Waals surface area (Å²) >= 11 is 0. The predicted octanol–water partition coefficient (Wildman–Crippen LogP) is 5.61. The Morgan fingerprint density at radius 2 is 1.23 bits per heavy atom. The number of aliphatic hydroxyl groups is 1. The van der Waals surface area contributed by atoms with Gasteiger partial charge in [-0.2, -0.15) is 13.2 Å². The van der Waals surface area contributed by atoms with E-state index in [1.807, 2.05) is 19.9 Å². The van der Waals surface area contributed by atoms with E-state index in [0.717, 1.165) is 0 Å². The third-order valence-electron chi connectivity index (χ3n) is 3.40. The standard InChI is InChI=1S/C16H11F3O.C2H6/c17-16(18,19)15(20)14-12-7-3-1-5-10(12)9-11-6-2-4-8-13(11)14;1-2/h1-9,15,20H;1-2H3. The summed E-state index contributed by atoms with van der Waals surface area (Å²) in [5.74, 6) is 0. The summed E-state index contributed by atoms with van der Waals surface area (Å²) in [6.07, 6.45) is -7.18. The van der Waals surface area contributed by atoms with Gasteiger partial charge in [0, 0.05) is 5.56 Å². The fourth-order valence-electron chi connectivity index (χ4n) is 2.51. The molecule has 0 aliphatic heterocycles. The van der Waals surface area contributed by atoms with Gasteiger partial charge in [0.15, 0.2) is 6.10 Å². The summed E-state index contributed by atoms with van der Waals surface area (Å²) < 4.78 is 38.8. The summed E-state index contributed by atoms with van der Waals surface area (Å²) in [5.41, 5.74) is -0.0776. The lowest BCUT2D eigenvalue weighted by Crippen LogP contribution is -2.20. The molecule has 1 unspecified atom stereocenters. The molecule has 0 aliphatic rings. The average Bonchev–Trinajstić information content (AvgIpc) is 2.53. The molecule has 0 aromatic heterocycles. The normalized spacial score (nSPS) is 12.8. The quantitative estimate of drug-likeness (QED) is 0.579. The van der Waals surface area contributed by atoms with Crippen molar-refractivity contribution in [1.82, 2.24) is 0 Å². The number of fused-ring (bicyclic) bond motifs is 2. The van der Waals surface area contributed by atoms with Crippen molar-refractivity contribution in [1.29, 1.82) is 0 Å². The van der Waals surface area contributed by atoms with E-state index >= 15 is 0 Å². The first-order chi connectivity index (χ1) is 10.5. The Labute approximate surface area is 127 Å². The van der Waals surface area contributed by atoms with Crippen LogP contribution in [0.1, 0.15) is 25.5 Å². The fourth-order valence-corrected chi connectivity index (χ4v) is 2.51. The molecular weight excluding hydrogens is 289 g/mol. The molecule has 1 N–H and O–H groups in total. The van der Waals surface area contributed by atoms with Crippen LogP contribution in [0.15, 0.2) is 54.6 Å². The summed E-state index contributed by atoms with van der Waals surface area (Å²) in [6, 6.07) is 15.4. The number of benzene rings is 3. The first kappa shape index (κ1) is 16.3. The number of halogens is 3. The van der Waals surface area contributed by atoms with E-state index in [2.05, 4.69) is 0 Å². The molecule has 22 heavy (non-hydrogen) atoms. The molecule has 0 aliphatic carbocycles. The van der Waals surface area contributed by atoms with Crippen LogP contribution in [0.5, 0.6) is 0 Å². The van der Waals surface area contributed by atoms with E-state index in [0.29, 0.717) is 21.5 Å².